The summed E-state index contributed by atoms with van der Waals surface area (Å²) in [7, 11) is -1.92. The minimum atomic E-state index is -3.64. The van der Waals surface area contributed by atoms with Crippen LogP contribution in [0.5, 0.6) is 0 Å². The number of nitrogens with zero attached hydrogens (tertiary/aromatic N) is 3. The van der Waals surface area contributed by atoms with Gasteiger partial charge in [-0.1, -0.05) is 12.1 Å². The number of sulfonamides is 1. The fourth-order valence-corrected chi connectivity index (χ4v) is 5.65. The van der Waals surface area contributed by atoms with Crippen molar-refractivity contribution in [3.8, 4) is 0 Å². The highest BCUT2D eigenvalue weighted by molar-refractivity contribution is 7.89. The Morgan fingerprint density at radius 2 is 2.21 bits per heavy atom. The van der Waals surface area contributed by atoms with E-state index < -0.39 is 10.0 Å². The number of hydrogen-bond donors (Lipinski definition) is 1. The third-order valence-electron chi connectivity index (χ3n) is 5.82. The number of imidazole rings is 1. The molecule has 1 amide bonds. The molecular weight excluding hydrogens is 383 g/mol. The van der Waals surface area contributed by atoms with E-state index in [4.69, 9.17) is 0 Å². The highest BCUT2D eigenvalue weighted by Gasteiger charge is 2.49. The van der Waals surface area contributed by atoms with E-state index in [9.17, 15) is 17.6 Å². The number of aromatic nitrogens is 2. The molecular formula is C19H23FN4O3S. The Balaban J connectivity index is 1.39. The Hall–Kier alpha value is -2.26. The number of amides is 1. The molecule has 9 heteroatoms. The summed E-state index contributed by atoms with van der Waals surface area (Å²) in [6.45, 7) is 1.06. The van der Waals surface area contributed by atoms with E-state index in [1.165, 1.54) is 29.0 Å². The minimum absolute atomic E-state index is 0.0137. The van der Waals surface area contributed by atoms with Gasteiger partial charge < -0.3 is 9.88 Å². The lowest BCUT2D eigenvalue weighted by atomic mass is 9.61. The molecule has 1 aliphatic carbocycles. The number of halogens is 1. The molecule has 1 N–H and O–H groups in total. The highest BCUT2D eigenvalue weighted by Crippen LogP contribution is 2.46. The maximum Gasteiger partial charge on any atom is 0.262 e. The van der Waals surface area contributed by atoms with Crippen LogP contribution in [-0.4, -0.2) is 41.3 Å². The third-order valence-corrected chi connectivity index (χ3v) is 7.57. The van der Waals surface area contributed by atoms with Gasteiger partial charge in [0.25, 0.3) is 10.0 Å². The van der Waals surface area contributed by atoms with Crippen molar-refractivity contribution in [2.75, 3.05) is 13.1 Å². The molecule has 2 aliphatic rings. The zero-order valence-electron chi connectivity index (χ0n) is 15.6. The van der Waals surface area contributed by atoms with Crippen LogP contribution in [0.25, 0.3) is 0 Å². The first-order chi connectivity index (χ1) is 13.3. The van der Waals surface area contributed by atoms with Gasteiger partial charge in [-0.3, -0.25) is 4.79 Å². The number of carbonyl (C=O) groups excluding carboxylic acids is 1. The second-order valence-electron chi connectivity index (χ2n) is 7.64. The molecule has 4 rings (SSSR count). The predicted molar refractivity (Wildman–Crippen MR) is 99.9 cm³/mol. The van der Waals surface area contributed by atoms with Crippen LogP contribution in [0.3, 0.4) is 0 Å². The van der Waals surface area contributed by atoms with Crippen LogP contribution in [0, 0.1) is 23.6 Å². The quantitative estimate of drug-likeness (QED) is 0.816. The van der Waals surface area contributed by atoms with E-state index in [0.717, 1.165) is 12.8 Å². The highest BCUT2D eigenvalue weighted by atomic mass is 32.2. The van der Waals surface area contributed by atoms with Gasteiger partial charge in [0, 0.05) is 38.8 Å². The lowest BCUT2D eigenvalue weighted by Crippen LogP contribution is -2.55. The zero-order chi connectivity index (χ0) is 19.9. The molecule has 0 spiro atoms. The smallest absolute Gasteiger partial charge is 0.262 e. The molecule has 1 saturated carbocycles. The molecule has 2 heterocycles. The molecule has 0 unspecified atom stereocenters. The van der Waals surface area contributed by atoms with Crippen molar-refractivity contribution < 1.29 is 17.6 Å². The van der Waals surface area contributed by atoms with E-state index in [1.54, 1.807) is 23.7 Å². The van der Waals surface area contributed by atoms with Gasteiger partial charge in [0.15, 0.2) is 5.03 Å². The van der Waals surface area contributed by atoms with Crippen molar-refractivity contribution in [3.63, 3.8) is 0 Å². The molecule has 0 radical (unpaired) electrons. The molecule has 0 bridgehead atoms. The summed E-state index contributed by atoms with van der Waals surface area (Å²) in [4.78, 5) is 16.6. The molecule has 2 aromatic rings. The zero-order valence-corrected chi connectivity index (χ0v) is 16.4. The summed E-state index contributed by atoms with van der Waals surface area (Å²) in [5.74, 6) is -0.249. The van der Waals surface area contributed by atoms with Crippen LogP contribution in [0.15, 0.2) is 41.8 Å². The molecule has 7 nitrogen and oxygen atoms in total. The summed E-state index contributed by atoms with van der Waals surface area (Å²) < 4.78 is 41.9. The average molecular weight is 406 g/mol. The van der Waals surface area contributed by atoms with E-state index >= 15 is 0 Å². The third kappa shape index (κ3) is 3.56. The molecule has 150 valence electrons. The molecule has 3 atom stereocenters. The Kier molecular flexibility index (Phi) is 4.96. The van der Waals surface area contributed by atoms with Crippen molar-refractivity contribution in [1.82, 2.24) is 19.2 Å². The summed E-state index contributed by atoms with van der Waals surface area (Å²) in [6, 6.07) is 6.12. The van der Waals surface area contributed by atoms with Gasteiger partial charge >= 0.3 is 0 Å². The lowest BCUT2D eigenvalue weighted by Gasteiger charge is -2.49. The van der Waals surface area contributed by atoms with Crippen LogP contribution in [-0.2, 0) is 28.4 Å². The Bertz CT molecular complexity index is 991. The van der Waals surface area contributed by atoms with Gasteiger partial charge in [-0.15, -0.1) is 0 Å². The maximum atomic E-state index is 13.3. The fraction of sp³-hybridized carbons (Fsp3) is 0.474. The fourth-order valence-electron chi connectivity index (χ4n) is 4.19. The van der Waals surface area contributed by atoms with Crippen LogP contribution in [0.4, 0.5) is 4.39 Å². The second-order valence-corrected chi connectivity index (χ2v) is 9.53. The molecule has 1 aromatic heterocycles. The normalized spacial score (nSPS) is 25.0. The first-order valence-electron chi connectivity index (χ1n) is 9.35. The minimum Gasteiger partial charge on any atom is -0.352 e. The van der Waals surface area contributed by atoms with Crippen molar-refractivity contribution in [3.05, 3.63) is 48.2 Å². The number of nitrogens with one attached hydrogen (secondary N) is 1. The van der Waals surface area contributed by atoms with Crippen molar-refractivity contribution in [2.45, 2.75) is 24.4 Å². The predicted octanol–water partition coefficient (Wildman–Crippen LogP) is 1.52. The van der Waals surface area contributed by atoms with Gasteiger partial charge in [0.2, 0.25) is 5.91 Å². The maximum absolute atomic E-state index is 13.3. The van der Waals surface area contributed by atoms with Crippen molar-refractivity contribution >= 4 is 15.9 Å². The molecule has 1 aliphatic heterocycles. The van der Waals surface area contributed by atoms with Gasteiger partial charge in [0.05, 0.1) is 6.33 Å². The first kappa shape index (κ1) is 19.1. The molecule has 1 aromatic carbocycles. The first-order valence-corrected chi connectivity index (χ1v) is 10.8. The van der Waals surface area contributed by atoms with Gasteiger partial charge in [0.1, 0.15) is 5.82 Å². The van der Waals surface area contributed by atoms with Crippen LogP contribution < -0.4 is 5.32 Å². The average Bonchev–Trinajstić information content (AvgIpc) is 3.08. The number of hydrogen-bond acceptors (Lipinski definition) is 4. The standard InChI is InChI=1S/C19H23FN4O3S/c1-23-11-18(22-12-23)28(26,27)24-6-5-14-8-16(17(14)10-24)19(25)21-9-13-3-2-4-15(20)7-13/h2-4,7,11-12,14,16-17H,5-6,8-10H2,1H3,(H,21,25)/t14-,16-,17-/m1/s1. The summed E-state index contributed by atoms with van der Waals surface area (Å²) >= 11 is 0. The van der Waals surface area contributed by atoms with Gasteiger partial charge in [-0.25, -0.2) is 17.8 Å². The van der Waals surface area contributed by atoms with Crippen LogP contribution in [0.2, 0.25) is 0 Å². The number of fused-ring (bicyclic) bond motifs is 1. The lowest BCUT2D eigenvalue weighted by molar-refractivity contribution is -0.135. The Morgan fingerprint density at radius 1 is 1.39 bits per heavy atom. The van der Waals surface area contributed by atoms with Crippen molar-refractivity contribution in [1.29, 1.82) is 0 Å². The number of rotatable bonds is 5. The van der Waals surface area contributed by atoms with Gasteiger partial charge in [-0.2, -0.15) is 4.31 Å². The topological polar surface area (TPSA) is 84.3 Å². The monoisotopic (exact) mass is 406 g/mol. The second kappa shape index (κ2) is 7.29. The van der Waals surface area contributed by atoms with Crippen molar-refractivity contribution in [2.24, 2.45) is 24.8 Å². The number of aryl methyl sites for hydroxylation is 1. The van der Waals surface area contributed by atoms with E-state index in [-0.39, 0.29) is 35.1 Å². The Labute approximate surface area is 163 Å². The summed E-state index contributed by atoms with van der Waals surface area (Å²) in [5.41, 5.74) is 0.701. The van der Waals surface area contributed by atoms with E-state index in [2.05, 4.69) is 10.3 Å². The number of piperidine rings is 1. The van der Waals surface area contributed by atoms with E-state index in [1.807, 2.05) is 0 Å². The number of carbonyl (C=O) groups is 1. The summed E-state index contributed by atoms with van der Waals surface area (Å²) in [5, 5.41) is 2.90. The van der Waals surface area contributed by atoms with Gasteiger partial charge in [-0.05, 0) is 42.4 Å². The molecule has 2 fully saturated rings. The SMILES string of the molecule is Cn1cnc(S(=O)(=O)N2CC[C@@H]3C[C@@H](C(=O)NCc4cccc(F)c4)[C@@H]3C2)c1. The van der Waals surface area contributed by atoms with Crippen LogP contribution in [0.1, 0.15) is 18.4 Å². The molecule has 28 heavy (non-hydrogen) atoms. The molecule has 1 saturated heterocycles. The largest absolute Gasteiger partial charge is 0.352 e. The van der Waals surface area contributed by atoms with Crippen LogP contribution >= 0.6 is 0 Å². The summed E-state index contributed by atoms with van der Waals surface area (Å²) in [6.07, 6.45) is 4.48. The number of benzene rings is 1. The van der Waals surface area contributed by atoms with E-state index in [0.29, 0.717) is 24.6 Å². The Morgan fingerprint density at radius 3 is 2.93 bits per heavy atom.